The lowest BCUT2D eigenvalue weighted by atomic mass is 10.2. The third kappa shape index (κ3) is 5.80. The first-order chi connectivity index (χ1) is 12.0. The second-order valence-corrected chi connectivity index (χ2v) is 5.89. The summed E-state index contributed by atoms with van der Waals surface area (Å²) < 4.78 is 10.5. The summed E-state index contributed by atoms with van der Waals surface area (Å²) in [7, 11) is 0. The molecule has 2 rings (SSSR count). The molecule has 0 heterocycles. The van der Waals surface area contributed by atoms with E-state index < -0.39 is 18.5 Å². The van der Waals surface area contributed by atoms with Crippen LogP contribution in [-0.4, -0.2) is 25.1 Å². The fourth-order valence-electron chi connectivity index (χ4n) is 2.03. The quantitative estimate of drug-likeness (QED) is 0.749. The van der Waals surface area contributed by atoms with Crippen LogP contribution in [-0.2, 0) is 9.53 Å². The topological polar surface area (TPSA) is 64.6 Å². The van der Waals surface area contributed by atoms with E-state index in [0.717, 1.165) is 12.0 Å². The van der Waals surface area contributed by atoms with E-state index in [1.807, 2.05) is 19.9 Å². The number of benzene rings is 2. The number of carbonyl (C=O) groups is 2. The van der Waals surface area contributed by atoms with E-state index in [0.29, 0.717) is 28.6 Å². The van der Waals surface area contributed by atoms with Crippen molar-refractivity contribution in [3.05, 3.63) is 58.6 Å². The van der Waals surface area contributed by atoms with Crippen LogP contribution in [0.4, 0.5) is 5.69 Å². The van der Waals surface area contributed by atoms with Gasteiger partial charge < -0.3 is 14.8 Å². The van der Waals surface area contributed by atoms with Crippen LogP contribution in [0.3, 0.4) is 0 Å². The van der Waals surface area contributed by atoms with Gasteiger partial charge in [0.15, 0.2) is 6.61 Å². The molecule has 0 saturated heterocycles. The highest BCUT2D eigenvalue weighted by atomic mass is 35.5. The molecule has 0 unspecified atom stereocenters. The van der Waals surface area contributed by atoms with E-state index in [1.165, 1.54) is 0 Å². The number of hydrogen-bond donors (Lipinski definition) is 1. The van der Waals surface area contributed by atoms with Gasteiger partial charge in [-0.25, -0.2) is 4.79 Å². The van der Waals surface area contributed by atoms with Crippen molar-refractivity contribution in [1.29, 1.82) is 0 Å². The summed E-state index contributed by atoms with van der Waals surface area (Å²) in [5.41, 5.74) is 1.82. The molecule has 2 aromatic carbocycles. The fourth-order valence-corrected chi connectivity index (χ4v) is 2.31. The molecule has 25 heavy (non-hydrogen) atoms. The Labute approximate surface area is 151 Å². The van der Waals surface area contributed by atoms with Gasteiger partial charge in [-0.05, 0) is 55.3 Å². The van der Waals surface area contributed by atoms with Crippen molar-refractivity contribution in [3.63, 3.8) is 0 Å². The number of hydrogen-bond acceptors (Lipinski definition) is 4. The molecule has 0 atom stereocenters. The molecule has 132 valence electrons. The number of halogens is 1. The molecule has 6 heteroatoms. The molecule has 0 aromatic heterocycles. The number of amides is 1. The zero-order valence-electron chi connectivity index (χ0n) is 14.2. The second kappa shape index (κ2) is 9.08. The van der Waals surface area contributed by atoms with Gasteiger partial charge in [-0.1, -0.05) is 24.6 Å². The molecule has 2 aromatic rings. The normalized spacial score (nSPS) is 10.2. The van der Waals surface area contributed by atoms with E-state index in [4.69, 9.17) is 21.1 Å². The summed E-state index contributed by atoms with van der Waals surface area (Å²) in [6, 6.07) is 11.9. The highest BCUT2D eigenvalue weighted by Crippen LogP contribution is 2.22. The number of aryl methyl sites for hydroxylation is 1. The van der Waals surface area contributed by atoms with Crippen LogP contribution in [0.15, 0.2) is 42.5 Å². The van der Waals surface area contributed by atoms with Gasteiger partial charge in [0, 0.05) is 0 Å². The van der Waals surface area contributed by atoms with Crippen molar-refractivity contribution in [2.24, 2.45) is 0 Å². The first-order valence-electron chi connectivity index (χ1n) is 7.95. The zero-order valence-corrected chi connectivity index (χ0v) is 14.9. The van der Waals surface area contributed by atoms with E-state index in [-0.39, 0.29) is 0 Å². The van der Waals surface area contributed by atoms with Gasteiger partial charge in [0.1, 0.15) is 5.75 Å². The average molecular weight is 362 g/mol. The maximum Gasteiger partial charge on any atom is 0.338 e. The molecule has 0 bridgehead atoms. The van der Waals surface area contributed by atoms with Crippen molar-refractivity contribution in [3.8, 4) is 5.75 Å². The summed E-state index contributed by atoms with van der Waals surface area (Å²) >= 11 is 6.05. The molecule has 0 aliphatic heterocycles. The number of rotatable bonds is 7. The SMILES string of the molecule is CCCOc1ccc(C(=O)OCC(=O)Nc2ccc(C)cc2Cl)cc1. The molecular formula is C19H20ClNO4. The van der Waals surface area contributed by atoms with Crippen molar-refractivity contribution < 1.29 is 19.1 Å². The predicted molar refractivity (Wildman–Crippen MR) is 97.3 cm³/mol. The van der Waals surface area contributed by atoms with E-state index >= 15 is 0 Å². The Hall–Kier alpha value is -2.53. The second-order valence-electron chi connectivity index (χ2n) is 5.48. The van der Waals surface area contributed by atoms with E-state index in [1.54, 1.807) is 36.4 Å². The Morgan fingerprint density at radius 2 is 1.84 bits per heavy atom. The van der Waals surface area contributed by atoms with Crippen molar-refractivity contribution in [2.45, 2.75) is 20.3 Å². The lowest BCUT2D eigenvalue weighted by Gasteiger charge is -2.09. The molecule has 0 radical (unpaired) electrons. The smallest absolute Gasteiger partial charge is 0.338 e. The van der Waals surface area contributed by atoms with Gasteiger partial charge in [0.25, 0.3) is 5.91 Å². The highest BCUT2D eigenvalue weighted by Gasteiger charge is 2.11. The maximum absolute atomic E-state index is 12.0. The third-order valence-electron chi connectivity index (χ3n) is 3.30. The van der Waals surface area contributed by atoms with Crippen LogP contribution in [0.1, 0.15) is 29.3 Å². The fraction of sp³-hybridized carbons (Fsp3) is 0.263. The van der Waals surface area contributed by atoms with Crippen LogP contribution < -0.4 is 10.1 Å². The number of carbonyl (C=O) groups excluding carboxylic acids is 2. The molecule has 1 N–H and O–H groups in total. The van der Waals surface area contributed by atoms with E-state index in [9.17, 15) is 9.59 Å². The largest absolute Gasteiger partial charge is 0.494 e. The molecule has 0 spiro atoms. The third-order valence-corrected chi connectivity index (χ3v) is 3.61. The highest BCUT2D eigenvalue weighted by molar-refractivity contribution is 6.33. The van der Waals surface area contributed by atoms with Crippen molar-refractivity contribution in [2.75, 3.05) is 18.5 Å². The Morgan fingerprint density at radius 1 is 1.12 bits per heavy atom. The first-order valence-corrected chi connectivity index (χ1v) is 8.33. The minimum Gasteiger partial charge on any atom is -0.494 e. The summed E-state index contributed by atoms with van der Waals surface area (Å²) in [5, 5.41) is 3.04. The number of esters is 1. The molecule has 0 saturated carbocycles. The van der Waals surface area contributed by atoms with Gasteiger partial charge in [-0.2, -0.15) is 0 Å². The molecular weight excluding hydrogens is 342 g/mol. The lowest BCUT2D eigenvalue weighted by molar-refractivity contribution is -0.119. The van der Waals surface area contributed by atoms with Crippen LogP contribution in [0.25, 0.3) is 0 Å². The number of nitrogens with one attached hydrogen (secondary N) is 1. The molecule has 0 aliphatic rings. The first kappa shape index (κ1) is 18.8. The Bertz CT molecular complexity index is 744. The molecule has 0 fully saturated rings. The summed E-state index contributed by atoms with van der Waals surface area (Å²) in [4.78, 5) is 23.9. The average Bonchev–Trinajstić information content (AvgIpc) is 2.60. The lowest BCUT2D eigenvalue weighted by Crippen LogP contribution is -2.21. The Kier molecular flexibility index (Phi) is 6.83. The number of anilines is 1. The van der Waals surface area contributed by atoms with Gasteiger partial charge in [0.2, 0.25) is 0 Å². The minimum atomic E-state index is -0.577. The Balaban J connectivity index is 1.85. The standard InChI is InChI=1S/C19H20ClNO4/c1-3-10-24-15-7-5-14(6-8-15)19(23)25-12-18(22)21-17-9-4-13(2)11-16(17)20/h4-9,11H,3,10,12H2,1-2H3,(H,21,22). The van der Waals surface area contributed by atoms with Gasteiger partial charge in [0.05, 0.1) is 22.9 Å². The van der Waals surface area contributed by atoms with E-state index in [2.05, 4.69) is 5.32 Å². The Morgan fingerprint density at radius 3 is 2.48 bits per heavy atom. The van der Waals surface area contributed by atoms with Crippen molar-refractivity contribution in [1.82, 2.24) is 0 Å². The zero-order chi connectivity index (χ0) is 18.2. The molecule has 5 nitrogen and oxygen atoms in total. The summed E-state index contributed by atoms with van der Waals surface area (Å²) in [6.45, 7) is 4.14. The van der Waals surface area contributed by atoms with Crippen LogP contribution in [0.5, 0.6) is 5.75 Å². The summed E-state index contributed by atoms with van der Waals surface area (Å²) in [6.07, 6.45) is 0.907. The van der Waals surface area contributed by atoms with Gasteiger partial charge >= 0.3 is 5.97 Å². The van der Waals surface area contributed by atoms with Gasteiger partial charge in [-0.3, -0.25) is 4.79 Å². The molecule has 0 aliphatic carbocycles. The predicted octanol–water partition coefficient (Wildman–Crippen LogP) is 4.23. The monoisotopic (exact) mass is 361 g/mol. The van der Waals surface area contributed by atoms with Crippen LogP contribution in [0, 0.1) is 6.92 Å². The number of ether oxygens (including phenoxy) is 2. The maximum atomic E-state index is 12.0. The minimum absolute atomic E-state index is 0.352. The summed E-state index contributed by atoms with van der Waals surface area (Å²) in [5.74, 6) is -0.348. The van der Waals surface area contributed by atoms with Crippen LogP contribution in [0.2, 0.25) is 5.02 Å². The molecule has 1 amide bonds. The van der Waals surface area contributed by atoms with Crippen LogP contribution >= 0.6 is 11.6 Å². The van der Waals surface area contributed by atoms with Gasteiger partial charge in [-0.15, -0.1) is 0 Å². The van der Waals surface area contributed by atoms with Crippen molar-refractivity contribution >= 4 is 29.2 Å².